The van der Waals surface area contributed by atoms with Crippen molar-refractivity contribution in [3.63, 3.8) is 0 Å². The zero-order valence-corrected chi connectivity index (χ0v) is 21.5. The van der Waals surface area contributed by atoms with Crippen molar-refractivity contribution in [2.75, 3.05) is 20.8 Å². The lowest BCUT2D eigenvalue weighted by Gasteiger charge is -2.22. The van der Waals surface area contributed by atoms with E-state index in [1.165, 1.54) is 0 Å². The Labute approximate surface area is 208 Å². The van der Waals surface area contributed by atoms with Gasteiger partial charge >= 0.3 is 0 Å². The van der Waals surface area contributed by atoms with Gasteiger partial charge in [-0.15, -0.1) is 0 Å². The SMILES string of the molecule is CC(C)C(CC=O)N=C(N)N(C)Cc1cc(Cl)cc(C(=O)NCc2ccccc2)c1.CCOC. The first-order valence-electron chi connectivity index (χ1n) is 11.3. The van der Waals surface area contributed by atoms with Crippen molar-refractivity contribution in [1.82, 2.24) is 10.2 Å². The Kier molecular flexibility index (Phi) is 13.6. The Morgan fingerprint density at radius 1 is 1.21 bits per heavy atom. The largest absolute Gasteiger partial charge is 0.385 e. The number of benzene rings is 2. The highest BCUT2D eigenvalue weighted by atomic mass is 35.5. The van der Waals surface area contributed by atoms with Crippen LogP contribution < -0.4 is 11.1 Å². The molecule has 3 N–H and O–H groups in total. The van der Waals surface area contributed by atoms with Gasteiger partial charge in [-0.05, 0) is 42.2 Å². The van der Waals surface area contributed by atoms with Crippen LogP contribution in [0.15, 0.2) is 53.5 Å². The summed E-state index contributed by atoms with van der Waals surface area (Å²) in [7, 11) is 3.49. The topological polar surface area (TPSA) is 97.0 Å². The maximum absolute atomic E-state index is 12.6. The van der Waals surface area contributed by atoms with Gasteiger partial charge in [-0.3, -0.25) is 4.79 Å². The number of guanidine groups is 1. The third kappa shape index (κ3) is 10.8. The van der Waals surface area contributed by atoms with Gasteiger partial charge < -0.3 is 25.5 Å². The third-order valence-electron chi connectivity index (χ3n) is 5.02. The highest BCUT2D eigenvalue weighted by Gasteiger charge is 2.15. The van der Waals surface area contributed by atoms with Crippen molar-refractivity contribution in [2.45, 2.75) is 46.3 Å². The molecule has 7 nitrogen and oxygen atoms in total. The molecule has 2 aromatic carbocycles. The van der Waals surface area contributed by atoms with Crippen LogP contribution in [0, 0.1) is 5.92 Å². The fourth-order valence-corrected chi connectivity index (χ4v) is 3.21. The van der Waals surface area contributed by atoms with Gasteiger partial charge in [0.2, 0.25) is 0 Å². The first-order chi connectivity index (χ1) is 16.2. The molecule has 0 aliphatic carbocycles. The molecule has 0 heterocycles. The number of aldehydes is 1. The van der Waals surface area contributed by atoms with Crippen molar-refractivity contribution in [3.8, 4) is 0 Å². The second-order valence-electron chi connectivity index (χ2n) is 8.15. The lowest BCUT2D eigenvalue weighted by atomic mass is 10.0. The Morgan fingerprint density at radius 2 is 1.85 bits per heavy atom. The molecule has 8 heteroatoms. The minimum atomic E-state index is -0.197. The lowest BCUT2D eigenvalue weighted by Crippen LogP contribution is -2.35. The molecule has 0 spiro atoms. The van der Waals surface area contributed by atoms with Crippen LogP contribution in [0.25, 0.3) is 0 Å². The number of aliphatic imine (C=N–C) groups is 1. The molecule has 0 saturated carbocycles. The molecule has 2 aromatic rings. The van der Waals surface area contributed by atoms with Crippen molar-refractivity contribution in [1.29, 1.82) is 0 Å². The van der Waals surface area contributed by atoms with Crippen LogP contribution in [0.4, 0.5) is 0 Å². The summed E-state index contributed by atoms with van der Waals surface area (Å²) in [5.41, 5.74) is 8.47. The van der Waals surface area contributed by atoms with Gasteiger partial charge in [0, 0.05) is 50.9 Å². The maximum Gasteiger partial charge on any atom is 0.251 e. The minimum absolute atomic E-state index is 0.163. The number of hydrogen-bond acceptors (Lipinski definition) is 4. The fraction of sp³-hybridized carbons (Fsp3) is 0.423. The molecule has 0 aliphatic heterocycles. The molecule has 34 heavy (non-hydrogen) atoms. The number of nitrogens with two attached hydrogens (primary N) is 1. The predicted octanol–water partition coefficient (Wildman–Crippen LogP) is 4.28. The monoisotopic (exact) mass is 488 g/mol. The number of carbonyl (C=O) groups is 2. The number of carbonyl (C=O) groups excluding carboxylic acids is 2. The summed E-state index contributed by atoms with van der Waals surface area (Å²) in [5.74, 6) is 0.344. The van der Waals surface area contributed by atoms with Crippen molar-refractivity contribution >= 4 is 29.8 Å². The minimum Gasteiger partial charge on any atom is -0.385 e. The molecule has 1 atom stereocenters. The number of hydrogen-bond donors (Lipinski definition) is 2. The van der Waals surface area contributed by atoms with Crippen LogP contribution in [0.2, 0.25) is 5.02 Å². The molecular formula is C26H37ClN4O3. The van der Waals surface area contributed by atoms with Gasteiger partial charge in [0.1, 0.15) is 6.29 Å². The molecule has 1 amide bonds. The number of nitrogens with zero attached hydrogens (tertiary/aromatic N) is 2. The van der Waals surface area contributed by atoms with Crippen molar-refractivity contribution in [3.05, 3.63) is 70.2 Å². The number of amides is 1. The van der Waals surface area contributed by atoms with E-state index in [2.05, 4.69) is 15.0 Å². The Balaban J connectivity index is 0.00000133. The molecule has 0 aromatic heterocycles. The number of nitrogens with one attached hydrogen (secondary N) is 1. The van der Waals surface area contributed by atoms with Crippen LogP contribution in [-0.4, -0.2) is 49.9 Å². The van der Waals surface area contributed by atoms with E-state index in [4.69, 9.17) is 17.3 Å². The van der Waals surface area contributed by atoms with Crippen LogP contribution in [0.3, 0.4) is 0 Å². The average Bonchev–Trinajstić information content (AvgIpc) is 2.82. The van der Waals surface area contributed by atoms with Crippen LogP contribution >= 0.6 is 11.6 Å². The number of rotatable bonds is 10. The van der Waals surface area contributed by atoms with Gasteiger partial charge in [0.05, 0.1) is 6.04 Å². The highest BCUT2D eigenvalue weighted by molar-refractivity contribution is 6.31. The quantitative estimate of drug-likeness (QED) is 0.295. The predicted molar refractivity (Wildman–Crippen MR) is 139 cm³/mol. The Bertz CT molecular complexity index is 918. The van der Waals surface area contributed by atoms with Gasteiger partial charge in [0.15, 0.2) is 5.96 Å². The van der Waals surface area contributed by atoms with E-state index in [9.17, 15) is 9.59 Å². The van der Waals surface area contributed by atoms with E-state index < -0.39 is 0 Å². The standard InChI is InChI=1S/C23H29ClN4O2.C3H8O/c1-16(2)21(9-10-29)27-23(25)28(3)15-18-11-19(13-20(24)12-18)22(30)26-14-17-7-5-4-6-8-17;1-3-4-2/h4-8,10-13,16,21H,9,14-15H2,1-3H3,(H2,25,27)(H,26,30);3H2,1-2H3. The summed E-state index contributed by atoms with van der Waals surface area (Å²) < 4.78 is 4.54. The molecule has 1 unspecified atom stereocenters. The Hall–Kier alpha value is -2.90. The summed E-state index contributed by atoms with van der Waals surface area (Å²) in [6.07, 6.45) is 1.19. The average molecular weight is 489 g/mol. The van der Waals surface area contributed by atoms with E-state index in [-0.39, 0.29) is 17.9 Å². The number of halogens is 1. The second kappa shape index (κ2) is 15.9. The molecule has 0 radical (unpaired) electrons. The van der Waals surface area contributed by atoms with Crippen LogP contribution in [0.5, 0.6) is 0 Å². The molecule has 2 rings (SSSR count). The molecule has 0 bridgehead atoms. The summed E-state index contributed by atoms with van der Waals surface area (Å²) in [5, 5.41) is 3.38. The smallest absolute Gasteiger partial charge is 0.251 e. The molecule has 0 fully saturated rings. The van der Waals surface area contributed by atoms with Crippen LogP contribution in [-0.2, 0) is 22.6 Å². The van der Waals surface area contributed by atoms with Gasteiger partial charge in [0.25, 0.3) is 5.91 Å². The van der Waals surface area contributed by atoms with E-state index in [0.29, 0.717) is 36.1 Å². The summed E-state index contributed by atoms with van der Waals surface area (Å²) in [4.78, 5) is 29.7. The second-order valence-corrected chi connectivity index (χ2v) is 8.59. The normalized spacial score (nSPS) is 11.9. The summed E-state index contributed by atoms with van der Waals surface area (Å²) >= 11 is 6.24. The molecule has 0 aliphatic rings. The zero-order chi connectivity index (χ0) is 25.5. The first kappa shape index (κ1) is 29.1. The van der Waals surface area contributed by atoms with E-state index >= 15 is 0 Å². The number of ether oxygens (including phenoxy) is 1. The van der Waals surface area contributed by atoms with Gasteiger partial charge in [-0.25, -0.2) is 4.99 Å². The van der Waals surface area contributed by atoms with E-state index in [1.807, 2.05) is 58.2 Å². The molecule has 0 saturated heterocycles. The van der Waals surface area contributed by atoms with E-state index in [0.717, 1.165) is 24.0 Å². The third-order valence-corrected chi connectivity index (χ3v) is 5.24. The van der Waals surface area contributed by atoms with Crippen molar-refractivity contribution < 1.29 is 14.3 Å². The van der Waals surface area contributed by atoms with Gasteiger partial charge in [-0.2, -0.15) is 0 Å². The van der Waals surface area contributed by atoms with Crippen molar-refractivity contribution in [2.24, 2.45) is 16.6 Å². The maximum atomic E-state index is 12.6. The molecule has 186 valence electrons. The summed E-state index contributed by atoms with van der Waals surface area (Å²) in [6, 6.07) is 14.8. The fourth-order valence-electron chi connectivity index (χ4n) is 2.95. The van der Waals surface area contributed by atoms with Gasteiger partial charge in [-0.1, -0.05) is 55.8 Å². The van der Waals surface area contributed by atoms with Crippen LogP contribution in [0.1, 0.15) is 48.7 Å². The van der Waals surface area contributed by atoms with E-state index in [1.54, 1.807) is 30.2 Å². The highest BCUT2D eigenvalue weighted by Crippen LogP contribution is 2.17. The zero-order valence-electron chi connectivity index (χ0n) is 20.8. The lowest BCUT2D eigenvalue weighted by molar-refractivity contribution is -0.108. The first-order valence-corrected chi connectivity index (χ1v) is 11.7. The number of methoxy groups -OCH3 is 1. The molecular weight excluding hydrogens is 452 g/mol. The summed E-state index contributed by atoms with van der Waals surface area (Å²) in [6.45, 7) is 7.65. The Morgan fingerprint density at radius 3 is 2.41 bits per heavy atom.